The second-order valence-corrected chi connectivity index (χ2v) is 5.82. The van der Waals surface area contributed by atoms with Gasteiger partial charge in [0.1, 0.15) is 0 Å². The molecule has 0 saturated heterocycles. The van der Waals surface area contributed by atoms with Gasteiger partial charge in [-0.3, -0.25) is 9.20 Å². The molecule has 1 fully saturated rings. The summed E-state index contributed by atoms with van der Waals surface area (Å²) in [5, 5.41) is 11.7. The minimum Gasteiger partial charge on any atom is -0.346 e. The van der Waals surface area contributed by atoms with E-state index in [4.69, 9.17) is 0 Å². The summed E-state index contributed by atoms with van der Waals surface area (Å²) < 4.78 is 1.97. The fourth-order valence-corrected chi connectivity index (χ4v) is 3.13. The van der Waals surface area contributed by atoms with Crippen molar-refractivity contribution < 1.29 is 4.79 Å². The maximum absolute atomic E-state index is 12.4. The Hall–Kier alpha value is -1.91. The van der Waals surface area contributed by atoms with Gasteiger partial charge < -0.3 is 5.32 Å². The third-order valence-corrected chi connectivity index (χ3v) is 4.27. The Balaban J connectivity index is 1.82. The number of pyridine rings is 1. The highest BCUT2D eigenvalue weighted by molar-refractivity contribution is 5.79. The minimum absolute atomic E-state index is 0.0551. The van der Waals surface area contributed by atoms with E-state index in [9.17, 15) is 4.79 Å². The van der Waals surface area contributed by atoms with Crippen molar-refractivity contribution in [1.29, 1.82) is 0 Å². The molecule has 1 aliphatic carbocycles. The van der Waals surface area contributed by atoms with Crippen LogP contribution in [0, 0.1) is 5.92 Å². The highest BCUT2D eigenvalue weighted by Crippen LogP contribution is 2.26. The van der Waals surface area contributed by atoms with Crippen LogP contribution < -0.4 is 5.32 Å². The summed E-state index contributed by atoms with van der Waals surface area (Å²) in [6, 6.07) is 5.78. The molecule has 0 aromatic carbocycles. The molecule has 112 valence electrons. The molecule has 0 unspecified atom stereocenters. The summed E-state index contributed by atoms with van der Waals surface area (Å²) in [5.74, 6) is 1.20. The number of hydrogen-bond donors (Lipinski definition) is 1. The molecule has 21 heavy (non-hydrogen) atoms. The SMILES string of the molecule is CCC[C@H](NC(=O)C1CCCC1)c1nnc2ccccn12. The van der Waals surface area contributed by atoms with Crippen molar-refractivity contribution in [2.45, 2.75) is 51.5 Å². The van der Waals surface area contributed by atoms with Crippen molar-refractivity contribution in [3.8, 4) is 0 Å². The average Bonchev–Trinajstić information content (AvgIpc) is 3.16. The van der Waals surface area contributed by atoms with E-state index in [0.29, 0.717) is 0 Å². The molecule has 2 heterocycles. The van der Waals surface area contributed by atoms with E-state index >= 15 is 0 Å². The zero-order chi connectivity index (χ0) is 14.7. The van der Waals surface area contributed by atoms with Gasteiger partial charge in [0.25, 0.3) is 0 Å². The van der Waals surface area contributed by atoms with Crippen LogP contribution >= 0.6 is 0 Å². The number of fused-ring (bicyclic) bond motifs is 1. The van der Waals surface area contributed by atoms with Crippen molar-refractivity contribution in [2.75, 3.05) is 0 Å². The highest BCUT2D eigenvalue weighted by atomic mass is 16.2. The molecular formula is C16H22N4O. The Bertz CT molecular complexity index is 616. The lowest BCUT2D eigenvalue weighted by molar-refractivity contribution is -0.125. The van der Waals surface area contributed by atoms with Crippen LogP contribution in [-0.2, 0) is 4.79 Å². The van der Waals surface area contributed by atoms with Gasteiger partial charge >= 0.3 is 0 Å². The first-order chi connectivity index (χ1) is 10.3. The summed E-state index contributed by atoms with van der Waals surface area (Å²) in [6.07, 6.45) is 8.21. The highest BCUT2D eigenvalue weighted by Gasteiger charge is 2.26. The van der Waals surface area contributed by atoms with Crippen LogP contribution in [0.2, 0.25) is 0 Å². The molecule has 1 atom stereocenters. The van der Waals surface area contributed by atoms with Crippen molar-refractivity contribution in [3.63, 3.8) is 0 Å². The van der Waals surface area contributed by atoms with Crippen LogP contribution in [0.25, 0.3) is 5.65 Å². The summed E-state index contributed by atoms with van der Waals surface area (Å²) in [5.41, 5.74) is 0.823. The molecule has 0 aliphatic heterocycles. The molecule has 0 bridgehead atoms. The van der Waals surface area contributed by atoms with Gasteiger partial charge in [0.2, 0.25) is 5.91 Å². The lowest BCUT2D eigenvalue weighted by atomic mass is 10.1. The molecule has 1 N–H and O–H groups in total. The lowest BCUT2D eigenvalue weighted by Gasteiger charge is -2.19. The van der Waals surface area contributed by atoms with E-state index in [0.717, 1.165) is 37.2 Å². The first-order valence-corrected chi connectivity index (χ1v) is 7.89. The van der Waals surface area contributed by atoms with Gasteiger partial charge in [-0.2, -0.15) is 0 Å². The quantitative estimate of drug-likeness (QED) is 0.919. The molecular weight excluding hydrogens is 264 g/mol. The standard InChI is InChI=1S/C16H22N4O/c1-2-7-13(17-16(21)12-8-3-4-9-12)15-19-18-14-10-5-6-11-20(14)15/h5-6,10-13H,2-4,7-9H2,1H3,(H,17,21)/t13-/m0/s1. The van der Waals surface area contributed by atoms with Crippen LogP contribution in [-0.4, -0.2) is 20.5 Å². The zero-order valence-corrected chi connectivity index (χ0v) is 12.5. The van der Waals surface area contributed by atoms with Gasteiger partial charge in [-0.25, -0.2) is 0 Å². The van der Waals surface area contributed by atoms with E-state index in [1.165, 1.54) is 12.8 Å². The summed E-state index contributed by atoms with van der Waals surface area (Å²) in [7, 11) is 0. The maximum Gasteiger partial charge on any atom is 0.223 e. The minimum atomic E-state index is -0.0551. The predicted octanol–water partition coefficient (Wildman–Crippen LogP) is 2.88. The average molecular weight is 286 g/mol. The number of hydrogen-bond acceptors (Lipinski definition) is 3. The fourth-order valence-electron chi connectivity index (χ4n) is 3.13. The maximum atomic E-state index is 12.4. The van der Waals surface area contributed by atoms with E-state index < -0.39 is 0 Å². The van der Waals surface area contributed by atoms with Crippen molar-refractivity contribution >= 4 is 11.6 Å². The number of amides is 1. The van der Waals surface area contributed by atoms with E-state index in [1.54, 1.807) is 0 Å². The molecule has 2 aromatic rings. The summed E-state index contributed by atoms with van der Waals surface area (Å²) in [6.45, 7) is 2.12. The molecule has 0 radical (unpaired) electrons. The molecule has 1 saturated carbocycles. The normalized spacial score (nSPS) is 17.2. The van der Waals surface area contributed by atoms with Crippen molar-refractivity contribution in [3.05, 3.63) is 30.2 Å². The van der Waals surface area contributed by atoms with E-state index in [1.807, 2.05) is 28.8 Å². The van der Waals surface area contributed by atoms with Crippen LogP contribution in [0.5, 0.6) is 0 Å². The Labute approximate surface area is 124 Å². The Morgan fingerprint density at radius 1 is 1.38 bits per heavy atom. The van der Waals surface area contributed by atoms with Crippen molar-refractivity contribution in [2.24, 2.45) is 5.92 Å². The largest absolute Gasteiger partial charge is 0.346 e. The Morgan fingerprint density at radius 3 is 2.95 bits per heavy atom. The predicted molar refractivity (Wildman–Crippen MR) is 80.7 cm³/mol. The monoisotopic (exact) mass is 286 g/mol. The molecule has 0 spiro atoms. The fraction of sp³-hybridized carbons (Fsp3) is 0.562. The van der Waals surface area contributed by atoms with Crippen LogP contribution in [0.1, 0.15) is 57.3 Å². The van der Waals surface area contributed by atoms with Gasteiger partial charge in [0.05, 0.1) is 6.04 Å². The third kappa shape index (κ3) is 2.91. The topological polar surface area (TPSA) is 59.3 Å². The number of carbonyl (C=O) groups is 1. The molecule has 5 nitrogen and oxygen atoms in total. The van der Waals surface area contributed by atoms with Gasteiger partial charge in [-0.1, -0.05) is 32.3 Å². The molecule has 1 amide bonds. The molecule has 5 heteroatoms. The lowest BCUT2D eigenvalue weighted by Crippen LogP contribution is -2.34. The smallest absolute Gasteiger partial charge is 0.223 e. The van der Waals surface area contributed by atoms with Crippen molar-refractivity contribution in [1.82, 2.24) is 19.9 Å². The van der Waals surface area contributed by atoms with Gasteiger partial charge in [-0.05, 0) is 31.4 Å². The third-order valence-electron chi connectivity index (χ3n) is 4.27. The van der Waals surface area contributed by atoms with Crippen LogP contribution in [0.3, 0.4) is 0 Å². The van der Waals surface area contributed by atoms with Crippen LogP contribution in [0.15, 0.2) is 24.4 Å². The number of nitrogens with one attached hydrogen (secondary N) is 1. The van der Waals surface area contributed by atoms with E-state index in [-0.39, 0.29) is 17.9 Å². The van der Waals surface area contributed by atoms with Gasteiger partial charge in [0, 0.05) is 12.1 Å². The summed E-state index contributed by atoms with van der Waals surface area (Å²) >= 11 is 0. The first-order valence-electron chi connectivity index (χ1n) is 7.89. The second-order valence-electron chi connectivity index (χ2n) is 5.82. The second kappa shape index (κ2) is 6.24. The zero-order valence-electron chi connectivity index (χ0n) is 12.5. The van der Waals surface area contributed by atoms with Gasteiger partial charge in [0.15, 0.2) is 11.5 Å². The number of nitrogens with zero attached hydrogens (tertiary/aromatic N) is 3. The Morgan fingerprint density at radius 2 is 2.19 bits per heavy atom. The summed E-state index contributed by atoms with van der Waals surface area (Å²) in [4.78, 5) is 12.4. The molecule has 1 aliphatic rings. The number of carbonyl (C=O) groups excluding carboxylic acids is 1. The number of rotatable bonds is 5. The van der Waals surface area contributed by atoms with E-state index in [2.05, 4.69) is 22.4 Å². The Kier molecular flexibility index (Phi) is 4.18. The molecule has 3 rings (SSSR count). The molecule has 2 aromatic heterocycles. The van der Waals surface area contributed by atoms with Gasteiger partial charge in [-0.15, -0.1) is 10.2 Å². The number of aromatic nitrogens is 3. The first kappa shape index (κ1) is 14.0. The van der Waals surface area contributed by atoms with Crippen LogP contribution in [0.4, 0.5) is 0 Å².